The molecule has 3 rings (SSSR count). The summed E-state index contributed by atoms with van der Waals surface area (Å²) in [4.78, 5) is 56.3. The molecule has 0 saturated heterocycles. The number of carbonyl (C=O) groups is 4. The summed E-state index contributed by atoms with van der Waals surface area (Å²) < 4.78 is 5.62. The first kappa shape index (κ1) is 29.9. The molecule has 2 atom stereocenters. The Morgan fingerprint density at radius 3 is 2.38 bits per heavy atom. The maximum atomic E-state index is 13.3. The smallest absolute Gasteiger partial charge is 0.323 e. The van der Waals surface area contributed by atoms with Crippen molar-refractivity contribution in [3.63, 3.8) is 0 Å². The van der Waals surface area contributed by atoms with Gasteiger partial charge in [0.05, 0.1) is 19.2 Å². The van der Waals surface area contributed by atoms with Crippen molar-refractivity contribution in [2.45, 2.75) is 44.7 Å². The minimum atomic E-state index is -1.46. The van der Waals surface area contributed by atoms with Gasteiger partial charge in [0, 0.05) is 25.5 Å². The second-order valence-electron chi connectivity index (χ2n) is 9.42. The first-order valence-electron chi connectivity index (χ1n) is 12.8. The Kier molecular flexibility index (Phi) is 9.31. The lowest BCUT2D eigenvalue weighted by Gasteiger charge is -2.50. The van der Waals surface area contributed by atoms with E-state index in [4.69, 9.17) is 9.84 Å². The number of carboxylic acid groups (broad SMARTS) is 1. The van der Waals surface area contributed by atoms with Crippen molar-refractivity contribution in [3.05, 3.63) is 65.7 Å². The quantitative estimate of drug-likeness (QED) is 0.328. The molecule has 0 aromatic heterocycles. The number of Topliss-reactive ketones (excluding diaryl/α,β-unsaturated/α-hetero) is 1. The van der Waals surface area contributed by atoms with Crippen LogP contribution in [0, 0.1) is 6.92 Å². The Morgan fingerprint density at radius 1 is 1.10 bits per heavy atom. The summed E-state index contributed by atoms with van der Waals surface area (Å²) >= 11 is 0. The number of aliphatic carboxylic acids is 1. The van der Waals surface area contributed by atoms with Gasteiger partial charge in [-0.1, -0.05) is 31.2 Å². The number of nitrogens with zero attached hydrogens (tertiary/aromatic N) is 2. The van der Waals surface area contributed by atoms with Crippen molar-refractivity contribution in [2.75, 3.05) is 31.3 Å². The van der Waals surface area contributed by atoms with E-state index in [1.54, 1.807) is 43.5 Å². The van der Waals surface area contributed by atoms with Crippen molar-refractivity contribution in [2.24, 2.45) is 4.99 Å². The van der Waals surface area contributed by atoms with Crippen molar-refractivity contribution >= 4 is 41.4 Å². The van der Waals surface area contributed by atoms with Gasteiger partial charge in [-0.25, -0.2) is 9.59 Å². The summed E-state index contributed by atoms with van der Waals surface area (Å²) in [5.74, 6) is -1.03. The average Bonchev–Trinajstić information content (AvgIpc) is 3.43. The maximum Gasteiger partial charge on any atom is 0.323 e. The zero-order chi connectivity index (χ0) is 29.5. The molecular formula is C29H35N5O6. The number of rotatable bonds is 11. The number of carbonyl (C=O) groups excluding carboxylic acids is 3. The van der Waals surface area contributed by atoms with E-state index in [1.807, 2.05) is 32.0 Å². The molecule has 0 saturated carbocycles. The van der Waals surface area contributed by atoms with Gasteiger partial charge in [0.2, 0.25) is 0 Å². The van der Waals surface area contributed by atoms with E-state index in [1.165, 1.54) is 25.1 Å². The van der Waals surface area contributed by atoms with Crippen LogP contribution in [-0.2, 0) is 15.1 Å². The van der Waals surface area contributed by atoms with Crippen molar-refractivity contribution < 1.29 is 29.0 Å². The number of ether oxygens (including phenoxy) is 1. The van der Waals surface area contributed by atoms with Crippen LogP contribution in [0.1, 0.15) is 37.8 Å². The number of benzene rings is 2. The number of ketones is 1. The van der Waals surface area contributed by atoms with E-state index in [2.05, 4.69) is 20.9 Å². The van der Waals surface area contributed by atoms with Crippen molar-refractivity contribution in [1.82, 2.24) is 10.2 Å². The molecule has 0 fully saturated rings. The fourth-order valence-corrected chi connectivity index (χ4v) is 5.12. The molecule has 4 N–H and O–H groups in total. The Bertz CT molecular complexity index is 1340. The van der Waals surface area contributed by atoms with Crippen LogP contribution in [0.3, 0.4) is 0 Å². The minimum Gasteiger partial charge on any atom is -0.495 e. The van der Waals surface area contributed by atoms with Crippen molar-refractivity contribution in [3.8, 4) is 5.75 Å². The zero-order valence-electron chi connectivity index (χ0n) is 23.3. The maximum absolute atomic E-state index is 13.3. The van der Waals surface area contributed by atoms with Gasteiger partial charge in [0.1, 0.15) is 11.3 Å². The van der Waals surface area contributed by atoms with Crippen LogP contribution in [0.15, 0.2) is 59.6 Å². The van der Waals surface area contributed by atoms with Crippen molar-refractivity contribution in [1.29, 1.82) is 0 Å². The number of anilines is 2. The first-order valence-corrected chi connectivity index (χ1v) is 12.8. The van der Waals surface area contributed by atoms with Crippen LogP contribution in [0.4, 0.5) is 21.0 Å². The van der Waals surface area contributed by atoms with E-state index in [-0.39, 0.29) is 25.2 Å². The summed E-state index contributed by atoms with van der Waals surface area (Å²) in [6.45, 7) is 5.04. The van der Waals surface area contributed by atoms with E-state index < -0.39 is 29.1 Å². The molecule has 11 nitrogen and oxygen atoms in total. The zero-order valence-corrected chi connectivity index (χ0v) is 23.3. The third-order valence-corrected chi connectivity index (χ3v) is 7.19. The van der Waals surface area contributed by atoms with Crippen LogP contribution in [0.2, 0.25) is 0 Å². The third kappa shape index (κ3) is 5.68. The van der Waals surface area contributed by atoms with Gasteiger partial charge in [-0.2, -0.15) is 0 Å². The van der Waals surface area contributed by atoms with Crippen LogP contribution in [-0.4, -0.2) is 66.3 Å². The van der Waals surface area contributed by atoms with Crippen LogP contribution in [0.5, 0.6) is 5.75 Å². The molecule has 1 heterocycles. The number of likely N-dealkylation sites (N-methyl/N-ethyl adjacent to an activating group) is 1. The normalized spacial score (nSPS) is 17.0. The summed E-state index contributed by atoms with van der Waals surface area (Å²) in [6, 6.07) is 11.3. The Balaban J connectivity index is 2.05. The molecule has 2 aromatic carbocycles. The SMILES string of the molecule is CCC(c1ccc(NC(=O)Nc2ccccc2C)c(OC)c1)(N(C)C(=O)NCCC(=O)O)C1(C(C)=O)C=CC=N1. The lowest BCUT2D eigenvalue weighted by Crippen LogP contribution is -2.64. The molecule has 0 bridgehead atoms. The Morgan fingerprint density at radius 2 is 1.80 bits per heavy atom. The summed E-state index contributed by atoms with van der Waals surface area (Å²) in [6.07, 6.45) is 4.85. The molecule has 1 aliphatic rings. The highest BCUT2D eigenvalue weighted by atomic mass is 16.5. The molecule has 11 heteroatoms. The van der Waals surface area contributed by atoms with E-state index >= 15 is 0 Å². The van der Waals surface area contributed by atoms with Crippen LogP contribution < -0.4 is 20.7 Å². The fraction of sp³-hybridized carbons (Fsp3) is 0.345. The number of hydrogen-bond acceptors (Lipinski definition) is 6. The second kappa shape index (κ2) is 12.5. The lowest BCUT2D eigenvalue weighted by molar-refractivity contribution is -0.136. The monoisotopic (exact) mass is 549 g/mol. The summed E-state index contributed by atoms with van der Waals surface area (Å²) in [5, 5.41) is 17.2. The molecule has 4 amide bonds. The highest BCUT2D eigenvalue weighted by Crippen LogP contribution is 2.48. The number of aliphatic imine (C=N–C) groups is 1. The van der Waals surface area contributed by atoms with Gasteiger partial charge in [0.25, 0.3) is 0 Å². The molecule has 2 unspecified atom stereocenters. The predicted octanol–water partition coefficient (Wildman–Crippen LogP) is 4.34. The Hall–Kier alpha value is -4.67. The number of nitrogens with one attached hydrogen (secondary N) is 3. The van der Waals surface area contributed by atoms with Crippen LogP contribution >= 0.6 is 0 Å². The number of para-hydroxylation sites is 1. The molecule has 0 spiro atoms. The lowest BCUT2D eigenvalue weighted by atomic mass is 9.67. The minimum absolute atomic E-state index is 0.0906. The summed E-state index contributed by atoms with van der Waals surface area (Å²) in [5.41, 5.74) is -0.319. The topological polar surface area (TPSA) is 149 Å². The highest BCUT2D eigenvalue weighted by Gasteiger charge is 2.58. The fourth-order valence-electron chi connectivity index (χ4n) is 5.12. The number of urea groups is 2. The molecule has 0 aliphatic carbocycles. The van der Waals surface area contributed by atoms with E-state index in [0.717, 1.165) is 5.56 Å². The van der Waals surface area contributed by atoms with Gasteiger partial charge < -0.3 is 30.7 Å². The highest BCUT2D eigenvalue weighted by molar-refractivity contribution is 6.01. The van der Waals surface area contributed by atoms with E-state index in [9.17, 15) is 19.2 Å². The van der Waals surface area contributed by atoms with Gasteiger partial charge in [-0.15, -0.1) is 0 Å². The number of amides is 4. The number of allylic oxidation sites excluding steroid dienone is 1. The number of aryl methyl sites for hydroxylation is 1. The third-order valence-electron chi connectivity index (χ3n) is 7.19. The molecule has 2 aromatic rings. The molecule has 40 heavy (non-hydrogen) atoms. The largest absolute Gasteiger partial charge is 0.495 e. The van der Waals surface area contributed by atoms with Crippen LogP contribution in [0.25, 0.3) is 0 Å². The molecule has 212 valence electrons. The Labute approximate surface area is 233 Å². The number of carboxylic acids is 1. The molecule has 0 radical (unpaired) electrons. The molecule has 1 aliphatic heterocycles. The average molecular weight is 550 g/mol. The first-order chi connectivity index (χ1) is 19.0. The standard InChI is InChI=1S/C29H35N5O6/c1-6-29(28(20(3)35)15-9-16-31-28,34(4)27(39)30-17-14-25(36)37)21-12-13-23(24(18-21)40-5)33-26(38)32-22-11-8-7-10-19(22)2/h7-13,15-16,18H,6,14,17H2,1-5H3,(H,30,39)(H,36,37)(H2,32,33,38). The number of methoxy groups -OCH3 is 1. The molecular weight excluding hydrogens is 514 g/mol. The second-order valence-corrected chi connectivity index (χ2v) is 9.42. The predicted molar refractivity (Wildman–Crippen MR) is 153 cm³/mol. The van der Waals surface area contributed by atoms with Gasteiger partial charge in [-0.3, -0.25) is 14.6 Å². The van der Waals surface area contributed by atoms with Gasteiger partial charge in [-0.05, 0) is 61.7 Å². The summed E-state index contributed by atoms with van der Waals surface area (Å²) in [7, 11) is 2.99. The van der Waals surface area contributed by atoms with Gasteiger partial charge in [0.15, 0.2) is 11.3 Å². The van der Waals surface area contributed by atoms with Gasteiger partial charge >= 0.3 is 18.0 Å². The number of hydrogen-bond donors (Lipinski definition) is 4. The van der Waals surface area contributed by atoms with E-state index in [0.29, 0.717) is 22.7 Å².